The first-order chi connectivity index (χ1) is 9.41. The van der Waals surface area contributed by atoms with Crippen LogP contribution < -0.4 is 0 Å². The van der Waals surface area contributed by atoms with Crippen molar-refractivity contribution in [2.75, 3.05) is 13.1 Å². The molecule has 0 saturated carbocycles. The van der Waals surface area contributed by atoms with Gasteiger partial charge in [0.15, 0.2) is 0 Å². The highest BCUT2D eigenvalue weighted by molar-refractivity contribution is 6.35. The van der Waals surface area contributed by atoms with Crippen molar-refractivity contribution in [1.29, 1.82) is 0 Å². The van der Waals surface area contributed by atoms with E-state index in [2.05, 4.69) is 0 Å². The Morgan fingerprint density at radius 1 is 1.45 bits per heavy atom. The van der Waals surface area contributed by atoms with Crippen molar-refractivity contribution in [3.63, 3.8) is 0 Å². The van der Waals surface area contributed by atoms with Crippen LogP contribution in [0.25, 0.3) is 0 Å². The topological polar surface area (TPSA) is 101 Å². The van der Waals surface area contributed by atoms with E-state index in [1.807, 2.05) is 0 Å². The lowest BCUT2D eigenvalue weighted by Crippen LogP contribution is -2.30. The number of hydrogen-bond acceptors (Lipinski definition) is 4. The van der Waals surface area contributed by atoms with Crippen LogP contribution in [0.5, 0.6) is 0 Å². The number of nitrogens with zero attached hydrogens (tertiary/aromatic N) is 2. The number of nitro benzene ring substituents is 1. The van der Waals surface area contributed by atoms with E-state index < -0.39 is 22.7 Å². The lowest BCUT2D eigenvalue weighted by Gasteiger charge is -2.16. The molecular weight excluding hydrogens is 288 g/mol. The number of hydrogen-bond donors (Lipinski definition) is 1. The Hall–Kier alpha value is -2.15. The second-order valence-corrected chi connectivity index (χ2v) is 4.85. The quantitative estimate of drug-likeness (QED) is 0.677. The van der Waals surface area contributed by atoms with Gasteiger partial charge in [0.05, 0.1) is 16.4 Å². The van der Waals surface area contributed by atoms with Gasteiger partial charge in [-0.3, -0.25) is 19.7 Å². The number of amides is 1. The predicted molar refractivity (Wildman–Crippen MR) is 69.8 cm³/mol. The number of carboxylic acids is 1. The van der Waals surface area contributed by atoms with Crippen molar-refractivity contribution >= 4 is 29.2 Å². The molecule has 1 saturated heterocycles. The monoisotopic (exact) mass is 298 g/mol. The van der Waals surface area contributed by atoms with Gasteiger partial charge in [0.2, 0.25) is 0 Å². The fourth-order valence-electron chi connectivity index (χ4n) is 2.14. The fourth-order valence-corrected chi connectivity index (χ4v) is 2.42. The summed E-state index contributed by atoms with van der Waals surface area (Å²) in [4.78, 5) is 34.6. The molecule has 0 aliphatic carbocycles. The Bertz CT molecular complexity index is 589. The molecule has 2 rings (SSSR count). The van der Waals surface area contributed by atoms with Crippen LogP contribution in [0.4, 0.5) is 5.69 Å². The average molecular weight is 299 g/mol. The van der Waals surface area contributed by atoms with E-state index in [9.17, 15) is 19.7 Å². The molecule has 106 valence electrons. The van der Waals surface area contributed by atoms with Crippen LogP contribution in [-0.2, 0) is 4.79 Å². The van der Waals surface area contributed by atoms with Crippen molar-refractivity contribution in [3.05, 3.63) is 38.9 Å². The summed E-state index contributed by atoms with van der Waals surface area (Å²) < 4.78 is 0. The van der Waals surface area contributed by atoms with Gasteiger partial charge in [-0.05, 0) is 12.5 Å². The first-order valence-corrected chi connectivity index (χ1v) is 6.24. The molecular formula is C12H11ClN2O5. The van der Waals surface area contributed by atoms with Crippen molar-refractivity contribution < 1.29 is 19.6 Å². The summed E-state index contributed by atoms with van der Waals surface area (Å²) in [5.74, 6) is -2.04. The number of carbonyl (C=O) groups is 2. The summed E-state index contributed by atoms with van der Waals surface area (Å²) in [6.07, 6.45) is 0.369. The molecule has 1 atom stereocenters. The molecule has 1 aliphatic heterocycles. The molecule has 1 amide bonds. The molecule has 8 heteroatoms. The van der Waals surface area contributed by atoms with E-state index in [1.165, 1.54) is 23.1 Å². The Labute approximate surface area is 118 Å². The summed E-state index contributed by atoms with van der Waals surface area (Å²) in [6, 6.07) is 3.98. The summed E-state index contributed by atoms with van der Waals surface area (Å²) >= 11 is 5.87. The maximum absolute atomic E-state index is 12.2. The van der Waals surface area contributed by atoms with E-state index in [4.69, 9.17) is 16.7 Å². The average Bonchev–Trinajstić information content (AvgIpc) is 2.87. The highest BCUT2D eigenvalue weighted by Gasteiger charge is 2.33. The van der Waals surface area contributed by atoms with Crippen molar-refractivity contribution in [3.8, 4) is 0 Å². The molecule has 0 bridgehead atoms. The first-order valence-electron chi connectivity index (χ1n) is 5.86. The molecule has 0 spiro atoms. The Kier molecular flexibility index (Phi) is 3.89. The highest BCUT2D eigenvalue weighted by Crippen LogP contribution is 2.29. The van der Waals surface area contributed by atoms with Crippen molar-refractivity contribution in [1.82, 2.24) is 4.90 Å². The van der Waals surface area contributed by atoms with Crippen molar-refractivity contribution in [2.24, 2.45) is 5.92 Å². The number of benzene rings is 1. The summed E-state index contributed by atoms with van der Waals surface area (Å²) in [6.45, 7) is 0.391. The number of halogens is 1. The molecule has 1 N–H and O–H groups in total. The predicted octanol–water partition coefficient (Wildman–Crippen LogP) is 1.79. The van der Waals surface area contributed by atoms with E-state index >= 15 is 0 Å². The van der Waals surface area contributed by atoms with Gasteiger partial charge in [0.1, 0.15) is 5.02 Å². The first kappa shape index (κ1) is 14.3. The standard InChI is InChI=1S/C12H11ClN2O5/c13-10-8(2-1-3-9(10)15(19)20)11(16)14-5-4-7(6-14)12(17)18/h1-3,7H,4-6H2,(H,17,18). The fraction of sp³-hybridized carbons (Fsp3) is 0.333. The number of nitro groups is 1. The van der Waals surface area contributed by atoms with Crippen LogP contribution in [0, 0.1) is 16.0 Å². The van der Waals surface area contributed by atoms with E-state index in [1.54, 1.807) is 0 Å². The Balaban J connectivity index is 2.25. The number of aliphatic carboxylic acids is 1. The van der Waals surface area contributed by atoms with Crippen LogP contribution in [0.3, 0.4) is 0 Å². The Morgan fingerprint density at radius 2 is 2.15 bits per heavy atom. The second-order valence-electron chi connectivity index (χ2n) is 4.47. The van der Waals surface area contributed by atoms with Crippen LogP contribution >= 0.6 is 11.6 Å². The van der Waals surface area contributed by atoms with Gasteiger partial charge in [0.25, 0.3) is 11.6 Å². The Morgan fingerprint density at radius 3 is 2.70 bits per heavy atom. The van der Waals surface area contributed by atoms with Crippen molar-refractivity contribution in [2.45, 2.75) is 6.42 Å². The molecule has 1 heterocycles. The second kappa shape index (κ2) is 5.46. The minimum atomic E-state index is -0.953. The third kappa shape index (κ3) is 2.57. The lowest BCUT2D eigenvalue weighted by atomic mass is 10.1. The number of carbonyl (C=O) groups excluding carboxylic acids is 1. The normalized spacial score (nSPS) is 18.1. The van der Waals surface area contributed by atoms with E-state index in [0.717, 1.165) is 0 Å². The molecule has 1 aromatic carbocycles. The van der Waals surface area contributed by atoms with E-state index in [-0.39, 0.29) is 22.8 Å². The molecule has 0 aromatic heterocycles. The summed E-state index contributed by atoms with van der Waals surface area (Å²) in [5, 5.41) is 19.5. The third-order valence-corrected chi connectivity index (χ3v) is 3.63. The zero-order chi connectivity index (χ0) is 14.9. The zero-order valence-corrected chi connectivity index (χ0v) is 11.0. The zero-order valence-electron chi connectivity index (χ0n) is 10.3. The minimum Gasteiger partial charge on any atom is -0.481 e. The molecule has 0 radical (unpaired) electrons. The van der Waals surface area contributed by atoms with Gasteiger partial charge in [-0.25, -0.2) is 0 Å². The number of rotatable bonds is 3. The molecule has 7 nitrogen and oxygen atoms in total. The van der Waals surface area contributed by atoms with Gasteiger partial charge in [-0.2, -0.15) is 0 Å². The largest absolute Gasteiger partial charge is 0.481 e. The lowest BCUT2D eigenvalue weighted by molar-refractivity contribution is -0.384. The van der Waals surface area contributed by atoms with Crippen LogP contribution in [0.1, 0.15) is 16.8 Å². The maximum Gasteiger partial charge on any atom is 0.308 e. The number of carboxylic acid groups (broad SMARTS) is 1. The van der Waals surface area contributed by atoms with Gasteiger partial charge in [0, 0.05) is 19.2 Å². The smallest absolute Gasteiger partial charge is 0.308 e. The van der Waals surface area contributed by atoms with Gasteiger partial charge >= 0.3 is 5.97 Å². The molecule has 1 aliphatic rings. The molecule has 1 aromatic rings. The third-order valence-electron chi connectivity index (χ3n) is 3.23. The van der Waals surface area contributed by atoms with Gasteiger partial charge in [-0.15, -0.1) is 0 Å². The van der Waals surface area contributed by atoms with Crippen LogP contribution in [0.2, 0.25) is 5.02 Å². The molecule has 20 heavy (non-hydrogen) atoms. The summed E-state index contributed by atoms with van der Waals surface area (Å²) in [5.41, 5.74) is -0.321. The maximum atomic E-state index is 12.2. The molecule has 1 fully saturated rings. The highest BCUT2D eigenvalue weighted by atomic mass is 35.5. The number of likely N-dealkylation sites (tertiary alicyclic amines) is 1. The SMILES string of the molecule is O=C(O)C1CCN(C(=O)c2cccc([N+](=O)[O-])c2Cl)C1. The van der Waals surface area contributed by atoms with Gasteiger partial charge in [-0.1, -0.05) is 17.7 Å². The summed E-state index contributed by atoms with van der Waals surface area (Å²) in [7, 11) is 0. The van der Waals surface area contributed by atoms with Gasteiger partial charge < -0.3 is 10.0 Å². The van der Waals surface area contributed by atoms with Crippen LogP contribution in [-0.4, -0.2) is 39.9 Å². The minimum absolute atomic E-state index is 0.0203. The van der Waals surface area contributed by atoms with Crippen LogP contribution in [0.15, 0.2) is 18.2 Å². The molecule has 1 unspecified atom stereocenters. The van der Waals surface area contributed by atoms with E-state index in [0.29, 0.717) is 13.0 Å².